The lowest BCUT2D eigenvalue weighted by Gasteiger charge is -2.16. The van der Waals surface area contributed by atoms with Crippen molar-refractivity contribution < 1.29 is 13.2 Å². The van der Waals surface area contributed by atoms with Crippen LogP contribution in [0.25, 0.3) is 16.7 Å². The molecular weight excluding hydrogens is 440 g/mol. The summed E-state index contributed by atoms with van der Waals surface area (Å²) in [5.41, 5.74) is 1.00. The fraction of sp³-hybridized carbons (Fsp3) is 0.292. The average molecular weight is 467 g/mol. The Morgan fingerprint density at radius 2 is 1.85 bits per heavy atom. The van der Waals surface area contributed by atoms with E-state index in [1.54, 1.807) is 30.5 Å². The topological polar surface area (TPSA) is 107 Å². The molecule has 1 N–H and O–H groups in total. The first kappa shape index (κ1) is 22.9. The molecule has 0 aliphatic heterocycles. The van der Waals surface area contributed by atoms with Gasteiger partial charge in [0.15, 0.2) is 0 Å². The molecule has 0 atom stereocenters. The molecule has 0 amide bonds. The number of rotatable bonds is 7. The molecule has 3 heterocycles. The number of aryl methyl sites for hydroxylation is 2. The van der Waals surface area contributed by atoms with Gasteiger partial charge in [-0.15, -0.1) is 0 Å². The average Bonchev–Trinajstić information content (AvgIpc) is 2.78. The summed E-state index contributed by atoms with van der Waals surface area (Å²) in [6.45, 7) is 6.45. The summed E-state index contributed by atoms with van der Waals surface area (Å²) in [5, 5.41) is 8.91. The maximum absolute atomic E-state index is 13.4. The van der Waals surface area contributed by atoms with Crippen molar-refractivity contribution in [3.8, 4) is 0 Å². The van der Waals surface area contributed by atoms with E-state index in [9.17, 15) is 13.2 Å². The van der Waals surface area contributed by atoms with Gasteiger partial charge in [-0.25, -0.2) is 13.4 Å². The molecule has 4 aromatic rings. The van der Waals surface area contributed by atoms with Crippen LogP contribution in [0.1, 0.15) is 25.8 Å². The highest BCUT2D eigenvalue weighted by atomic mass is 32.2. The standard InChI is InChI=1S/C24H26N4O4S/c1-16(2)32-13-7-12-27-22(25)20(33(30,31)18-8-5-4-6-9-18)14-19-23(27)26-21-11-10-17(3)15-28(21)24(19)29/h4-6,8-11,14-16,25H,7,12-13H2,1-3H3. The third-order valence-corrected chi connectivity index (χ3v) is 7.12. The predicted octanol–water partition coefficient (Wildman–Crippen LogP) is 3.08. The number of hydrogen-bond acceptors (Lipinski definition) is 6. The maximum atomic E-state index is 13.4. The van der Waals surface area contributed by atoms with Gasteiger partial charge in [-0.2, -0.15) is 0 Å². The number of sulfone groups is 1. The van der Waals surface area contributed by atoms with E-state index in [0.717, 1.165) is 5.56 Å². The van der Waals surface area contributed by atoms with Crippen LogP contribution in [0.2, 0.25) is 0 Å². The molecule has 0 unspecified atom stereocenters. The fourth-order valence-corrected chi connectivity index (χ4v) is 5.12. The molecule has 0 fully saturated rings. The number of pyridine rings is 2. The number of nitrogens with one attached hydrogen (secondary N) is 1. The van der Waals surface area contributed by atoms with Crippen LogP contribution >= 0.6 is 0 Å². The predicted molar refractivity (Wildman–Crippen MR) is 125 cm³/mol. The lowest BCUT2D eigenvalue weighted by molar-refractivity contribution is 0.0748. The van der Waals surface area contributed by atoms with Crippen molar-refractivity contribution in [1.29, 1.82) is 5.41 Å². The first-order valence-corrected chi connectivity index (χ1v) is 12.2. The molecule has 9 heteroatoms. The largest absolute Gasteiger partial charge is 0.379 e. The zero-order chi connectivity index (χ0) is 23.8. The van der Waals surface area contributed by atoms with Gasteiger partial charge < -0.3 is 9.30 Å². The van der Waals surface area contributed by atoms with Gasteiger partial charge in [0.1, 0.15) is 21.7 Å². The molecule has 0 spiro atoms. The third-order valence-electron chi connectivity index (χ3n) is 5.34. The summed E-state index contributed by atoms with van der Waals surface area (Å²) in [4.78, 5) is 17.8. The number of hydrogen-bond donors (Lipinski definition) is 1. The van der Waals surface area contributed by atoms with Gasteiger partial charge in [0, 0.05) is 19.3 Å². The van der Waals surface area contributed by atoms with Crippen LogP contribution in [-0.2, 0) is 21.1 Å². The van der Waals surface area contributed by atoms with Crippen LogP contribution in [0.4, 0.5) is 0 Å². The van der Waals surface area contributed by atoms with Crippen molar-refractivity contribution in [1.82, 2.24) is 14.0 Å². The number of nitrogens with zero attached hydrogens (tertiary/aromatic N) is 3. The van der Waals surface area contributed by atoms with Gasteiger partial charge >= 0.3 is 0 Å². The summed E-state index contributed by atoms with van der Waals surface area (Å²) in [6.07, 6.45) is 2.26. The van der Waals surface area contributed by atoms with Crippen molar-refractivity contribution in [3.05, 3.63) is 76.1 Å². The molecule has 4 rings (SSSR count). The van der Waals surface area contributed by atoms with E-state index in [1.165, 1.54) is 27.2 Å². The minimum absolute atomic E-state index is 0.0574. The van der Waals surface area contributed by atoms with Crippen LogP contribution < -0.4 is 11.0 Å². The van der Waals surface area contributed by atoms with E-state index in [4.69, 9.17) is 10.1 Å². The van der Waals surface area contributed by atoms with Crippen molar-refractivity contribution in [3.63, 3.8) is 0 Å². The summed E-state index contributed by atoms with van der Waals surface area (Å²) >= 11 is 0. The number of aromatic nitrogens is 3. The van der Waals surface area contributed by atoms with Crippen molar-refractivity contribution in [2.24, 2.45) is 0 Å². The lowest BCUT2D eigenvalue weighted by atomic mass is 10.2. The normalized spacial score (nSPS) is 12.1. The van der Waals surface area contributed by atoms with Crippen molar-refractivity contribution in [2.45, 2.75) is 49.6 Å². The van der Waals surface area contributed by atoms with E-state index in [-0.39, 0.29) is 44.5 Å². The highest BCUT2D eigenvalue weighted by Gasteiger charge is 2.24. The monoisotopic (exact) mass is 466 g/mol. The van der Waals surface area contributed by atoms with E-state index in [2.05, 4.69) is 4.98 Å². The molecule has 0 saturated heterocycles. The van der Waals surface area contributed by atoms with Crippen molar-refractivity contribution in [2.75, 3.05) is 6.61 Å². The molecule has 3 aromatic heterocycles. The maximum Gasteiger partial charge on any atom is 0.267 e. The minimum atomic E-state index is -4.02. The van der Waals surface area contributed by atoms with Gasteiger partial charge in [-0.1, -0.05) is 24.3 Å². The summed E-state index contributed by atoms with van der Waals surface area (Å²) < 4.78 is 35.3. The molecule has 0 aliphatic carbocycles. The van der Waals surface area contributed by atoms with E-state index >= 15 is 0 Å². The highest BCUT2D eigenvalue weighted by molar-refractivity contribution is 7.91. The lowest BCUT2D eigenvalue weighted by Crippen LogP contribution is -2.30. The second-order valence-electron chi connectivity index (χ2n) is 8.19. The Labute approximate surface area is 191 Å². The molecule has 33 heavy (non-hydrogen) atoms. The third kappa shape index (κ3) is 4.34. The highest BCUT2D eigenvalue weighted by Crippen LogP contribution is 2.20. The van der Waals surface area contributed by atoms with Gasteiger partial charge in [0.05, 0.1) is 16.4 Å². The Balaban J connectivity index is 2.00. The van der Waals surface area contributed by atoms with E-state index in [0.29, 0.717) is 18.7 Å². The Morgan fingerprint density at radius 1 is 1.12 bits per heavy atom. The Kier molecular flexibility index (Phi) is 6.18. The Morgan fingerprint density at radius 3 is 2.55 bits per heavy atom. The number of benzene rings is 1. The molecule has 0 radical (unpaired) electrons. The molecule has 1 aromatic carbocycles. The van der Waals surface area contributed by atoms with Gasteiger partial charge in [-0.3, -0.25) is 14.6 Å². The van der Waals surface area contributed by atoms with Crippen LogP contribution in [0.15, 0.2) is 69.3 Å². The Bertz CT molecular complexity index is 1560. The van der Waals surface area contributed by atoms with E-state index < -0.39 is 9.84 Å². The second kappa shape index (κ2) is 8.92. The smallest absolute Gasteiger partial charge is 0.267 e. The molecular formula is C24H26N4O4S. The molecule has 8 nitrogen and oxygen atoms in total. The molecule has 0 aliphatic rings. The molecule has 172 valence electrons. The minimum Gasteiger partial charge on any atom is -0.379 e. The fourth-order valence-electron chi connectivity index (χ4n) is 3.71. The quantitative estimate of drug-likeness (QED) is 0.333. The van der Waals surface area contributed by atoms with Crippen LogP contribution in [0.5, 0.6) is 0 Å². The second-order valence-corrected chi connectivity index (χ2v) is 10.1. The molecule has 0 bridgehead atoms. The van der Waals surface area contributed by atoms with Gasteiger partial charge in [0.2, 0.25) is 9.84 Å². The Hall–Kier alpha value is -3.30. The zero-order valence-electron chi connectivity index (χ0n) is 18.8. The molecule has 0 saturated carbocycles. The van der Waals surface area contributed by atoms with Crippen LogP contribution in [0.3, 0.4) is 0 Å². The summed E-state index contributed by atoms with van der Waals surface area (Å²) in [5.74, 6) is 0. The zero-order valence-corrected chi connectivity index (χ0v) is 19.6. The van der Waals surface area contributed by atoms with E-state index in [1.807, 2.05) is 26.8 Å². The SMILES string of the molecule is Cc1ccc2nc3c(cc(S(=O)(=O)c4ccccc4)c(=N)n3CCCOC(C)C)c(=O)n2c1. The van der Waals surface area contributed by atoms with Crippen molar-refractivity contribution >= 4 is 26.5 Å². The summed E-state index contributed by atoms with van der Waals surface area (Å²) in [6, 6.07) is 12.8. The number of ether oxygens (including phenoxy) is 1. The summed E-state index contributed by atoms with van der Waals surface area (Å²) in [7, 11) is -4.02. The van der Waals surface area contributed by atoms with Crippen LogP contribution in [-0.4, -0.2) is 35.1 Å². The van der Waals surface area contributed by atoms with Crippen LogP contribution in [0, 0.1) is 12.3 Å². The first-order valence-electron chi connectivity index (χ1n) is 10.7. The number of fused-ring (bicyclic) bond motifs is 2. The van der Waals surface area contributed by atoms with Gasteiger partial charge in [-0.05, 0) is 57.0 Å². The van der Waals surface area contributed by atoms with Gasteiger partial charge in [0.25, 0.3) is 5.56 Å². The first-order chi connectivity index (χ1) is 15.7.